The number of rotatable bonds is 2. The number of aryl methyl sites for hydroxylation is 1. The maximum absolute atomic E-state index is 13.2. The number of aromatic nitrogens is 2. The van der Waals surface area contributed by atoms with Crippen molar-refractivity contribution in [1.82, 2.24) is 15.3 Å². The van der Waals surface area contributed by atoms with Crippen molar-refractivity contribution in [3.8, 4) is 0 Å². The average molecular weight is 258 g/mol. The van der Waals surface area contributed by atoms with Crippen LogP contribution in [0.1, 0.15) is 16.8 Å². The molecule has 1 aliphatic heterocycles. The number of nitrogens with one attached hydrogen (secondary N) is 2. The van der Waals surface area contributed by atoms with Crippen LogP contribution in [0.3, 0.4) is 0 Å². The van der Waals surface area contributed by atoms with Gasteiger partial charge < -0.3 is 10.6 Å². The molecule has 1 aromatic heterocycles. The smallest absolute Gasteiger partial charge is 0.138 e. The molecule has 0 aliphatic carbocycles. The van der Waals surface area contributed by atoms with Crippen LogP contribution >= 0.6 is 0 Å². The maximum atomic E-state index is 13.2. The molecule has 3 rings (SSSR count). The molecule has 2 N–H and O–H groups in total. The Balaban J connectivity index is 1.92. The van der Waals surface area contributed by atoms with E-state index in [-0.39, 0.29) is 5.82 Å². The normalized spacial score (nSPS) is 14.0. The molecule has 1 aliphatic rings. The van der Waals surface area contributed by atoms with Crippen LogP contribution in [-0.4, -0.2) is 16.5 Å². The number of anilines is 2. The van der Waals surface area contributed by atoms with E-state index >= 15 is 0 Å². The number of hydrogen-bond acceptors (Lipinski definition) is 4. The predicted molar refractivity (Wildman–Crippen MR) is 71.9 cm³/mol. The van der Waals surface area contributed by atoms with E-state index in [0.717, 1.165) is 42.3 Å². The standard InChI is InChI=1S/C14H15FN4/c1-9-6-10(2-3-12(9)15)19-14-11-7-16-5-4-13(11)17-8-18-14/h2-3,6,8,16H,4-5,7H2,1H3,(H,17,18,19). The molecule has 98 valence electrons. The molecule has 0 fully saturated rings. The average Bonchev–Trinajstić information content (AvgIpc) is 2.43. The Hall–Kier alpha value is -2.01. The highest BCUT2D eigenvalue weighted by Gasteiger charge is 2.15. The molecule has 0 radical (unpaired) electrons. The van der Waals surface area contributed by atoms with E-state index in [0.29, 0.717) is 5.56 Å². The van der Waals surface area contributed by atoms with E-state index in [2.05, 4.69) is 20.6 Å². The lowest BCUT2D eigenvalue weighted by Crippen LogP contribution is -2.25. The fourth-order valence-electron chi connectivity index (χ4n) is 2.24. The number of nitrogens with zero attached hydrogens (tertiary/aromatic N) is 2. The van der Waals surface area contributed by atoms with Gasteiger partial charge in [-0.15, -0.1) is 0 Å². The summed E-state index contributed by atoms with van der Waals surface area (Å²) in [6, 6.07) is 4.96. The first-order valence-electron chi connectivity index (χ1n) is 6.30. The minimum Gasteiger partial charge on any atom is -0.340 e. The minimum absolute atomic E-state index is 0.197. The second-order valence-corrected chi connectivity index (χ2v) is 4.66. The predicted octanol–water partition coefficient (Wildman–Crippen LogP) is 2.31. The zero-order chi connectivity index (χ0) is 13.2. The molecule has 4 nitrogen and oxygen atoms in total. The number of fused-ring (bicyclic) bond motifs is 1. The van der Waals surface area contributed by atoms with E-state index in [1.54, 1.807) is 25.4 Å². The molecule has 5 heteroatoms. The van der Waals surface area contributed by atoms with Crippen molar-refractivity contribution >= 4 is 11.5 Å². The van der Waals surface area contributed by atoms with Crippen LogP contribution in [0.2, 0.25) is 0 Å². The molecule has 0 atom stereocenters. The van der Waals surface area contributed by atoms with Crippen molar-refractivity contribution in [3.63, 3.8) is 0 Å². The molecule has 0 saturated carbocycles. The van der Waals surface area contributed by atoms with Gasteiger partial charge in [-0.25, -0.2) is 14.4 Å². The summed E-state index contributed by atoms with van der Waals surface area (Å²) in [5.74, 6) is 0.597. The first-order valence-corrected chi connectivity index (χ1v) is 6.30. The summed E-state index contributed by atoms with van der Waals surface area (Å²) in [5, 5.41) is 6.55. The van der Waals surface area contributed by atoms with Crippen LogP contribution in [0.5, 0.6) is 0 Å². The highest BCUT2D eigenvalue weighted by atomic mass is 19.1. The van der Waals surface area contributed by atoms with Crippen LogP contribution in [0, 0.1) is 12.7 Å². The van der Waals surface area contributed by atoms with Crippen molar-refractivity contribution in [2.75, 3.05) is 11.9 Å². The minimum atomic E-state index is -0.197. The highest BCUT2D eigenvalue weighted by Crippen LogP contribution is 2.23. The quantitative estimate of drug-likeness (QED) is 0.868. The van der Waals surface area contributed by atoms with Gasteiger partial charge in [0.1, 0.15) is 18.0 Å². The molecule has 2 aromatic rings. The Morgan fingerprint density at radius 2 is 2.21 bits per heavy atom. The lowest BCUT2D eigenvalue weighted by molar-refractivity contribution is 0.618. The summed E-state index contributed by atoms with van der Waals surface area (Å²) < 4.78 is 13.2. The SMILES string of the molecule is Cc1cc(Nc2ncnc3c2CNCC3)ccc1F. The Morgan fingerprint density at radius 3 is 3.05 bits per heavy atom. The summed E-state index contributed by atoms with van der Waals surface area (Å²) in [4.78, 5) is 8.59. The summed E-state index contributed by atoms with van der Waals surface area (Å²) in [5.41, 5.74) is 3.63. The first-order chi connectivity index (χ1) is 9.24. The van der Waals surface area contributed by atoms with Crippen molar-refractivity contribution in [1.29, 1.82) is 0 Å². The largest absolute Gasteiger partial charge is 0.340 e. The van der Waals surface area contributed by atoms with Crippen molar-refractivity contribution in [2.24, 2.45) is 0 Å². The van der Waals surface area contributed by atoms with Crippen molar-refractivity contribution in [2.45, 2.75) is 19.9 Å². The molecule has 1 aromatic carbocycles. The van der Waals surface area contributed by atoms with E-state index in [1.807, 2.05) is 0 Å². The monoisotopic (exact) mass is 258 g/mol. The maximum Gasteiger partial charge on any atom is 0.138 e. The van der Waals surface area contributed by atoms with E-state index in [1.165, 1.54) is 6.07 Å². The topological polar surface area (TPSA) is 49.8 Å². The van der Waals surface area contributed by atoms with E-state index in [9.17, 15) is 4.39 Å². The summed E-state index contributed by atoms with van der Waals surface area (Å²) in [6.45, 7) is 3.45. The zero-order valence-corrected chi connectivity index (χ0v) is 10.7. The van der Waals surface area contributed by atoms with Gasteiger partial charge >= 0.3 is 0 Å². The van der Waals surface area contributed by atoms with Gasteiger partial charge in [-0.3, -0.25) is 0 Å². The molecule has 2 heterocycles. The summed E-state index contributed by atoms with van der Waals surface area (Å²) >= 11 is 0. The molecule has 0 saturated heterocycles. The van der Waals surface area contributed by atoms with E-state index < -0.39 is 0 Å². The highest BCUT2D eigenvalue weighted by molar-refractivity contribution is 5.61. The second-order valence-electron chi connectivity index (χ2n) is 4.66. The van der Waals surface area contributed by atoms with Gasteiger partial charge in [0, 0.05) is 30.8 Å². The molecule has 19 heavy (non-hydrogen) atoms. The summed E-state index contributed by atoms with van der Waals surface area (Å²) in [7, 11) is 0. The molecule has 0 unspecified atom stereocenters. The third kappa shape index (κ3) is 2.42. The lowest BCUT2D eigenvalue weighted by atomic mass is 10.1. The number of hydrogen-bond donors (Lipinski definition) is 2. The Kier molecular flexibility index (Phi) is 3.13. The van der Waals surface area contributed by atoms with Crippen LogP contribution in [0.15, 0.2) is 24.5 Å². The van der Waals surface area contributed by atoms with E-state index in [4.69, 9.17) is 0 Å². The summed E-state index contributed by atoms with van der Waals surface area (Å²) in [6.07, 6.45) is 2.48. The Labute approximate surface area is 111 Å². The lowest BCUT2D eigenvalue weighted by Gasteiger charge is -2.19. The molecule has 0 spiro atoms. The van der Waals surface area contributed by atoms with Gasteiger partial charge in [0.25, 0.3) is 0 Å². The fourth-order valence-corrected chi connectivity index (χ4v) is 2.24. The fraction of sp³-hybridized carbons (Fsp3) is 0.286. The van der Waals surface area contributed by atoms with Gasteiger partial charge in [-0.2, -0.15) is 0 Å². The number of benzene rings is 1. The van der Waals surface area contributed by atoms with Gasteiger partial charge in [0.05, 0.1) is 5.69 Å². The van der Waals surface area contributed by atoms with Gasteiger partial charge in [0.2, 0.25) is 0 Å². The van der Waals surface area contributed by atoms with Crippen LogP contribution in [0.4, 0.5) is 15.9 Å². The number of halogens is 1. The van der Waals surface area contributed by atoms with Crippen LogP contribution in [-0.2, 0) is 13.0 Å². The Bertz CT molecular complexity index is 612. The van der Waals surface area contributed by atoms with Gasteiger partial charge in [0.15, 0.2) is 0 Å². The van der Waals surface area contributed by atoms with Gasteiger partial charge in [-0.05, 0) is 30.7 Å². The van der Waals surface area contributed by atoms with Crippen LogP contribution in [0.25, 0.3) is 0 Å². The molecular formula is C14H15FN4. The van der Waals surface area contributed by atoms with Gasteiger partial charge in [-0.1, -0.05) is 0 Å². The molecular weight excluding hydrogens is 243 g/mol. The Morgan fingerprint density at radius 1 is 1.32 bits per heavy atom. The van der Waals surface area contributed by atoms with Crippen molar-refractivity contribution < 1.29 is 4.39 Å². The third-order valence-electron chi connectivity index (χ3n) is 3.30. The second kappa shape index (κ2) is 4.93. The molecule has 0 bridgehead atoms. The third-order valence-corrected chi connectivity index (χ3v) is 3.30. The first kappa shape index (κ1) is 12.0. The zero-order valence-electron chi connectivity index (χ0n) is 10.7. The van der Waals surface area contributed by atoms with Crippen molar-refractivity contribution in [3.05, 3.63) is 47.2 Å². The van der Waals surface area contributed by atoms with Crippen LogP contribution < -0.4 is 10.6 Å². The molecule has 0 amide bonds.